The fraction of sp³-hybridized carbons (Fsp3) is 0.300. The van der Waals surface area contributed by atoms with Gasteiger partial charge in [0, 0.05) is 30.2 Å². The molecule has 1 aliphatic carbocycles. The van der Waals surface area contributed by atoms with E-state index in [-0.39, 0.29) is 17.6 Å². The maximum atomic E-state index is 12.6. The summed E-state index contributed by atoms with van der Waals surface area (Å²) in [5, 5.41) is 0. The van der Waals surface area contributed by atoms with E-state index in [0.717, 1.165) is 24.0 Å². The Morgan fingerprint density at radius 2 is 1.64 bits per heavy atom. The maximum Gasteiger partial charge on any atom is 0.163 e. The van der Waals surface area contributed by atoms with Crippen molar-refractivity contribution in [1.82, 2.24) is 0 Å². The molecule has 0 N–H and O–H groups in total. The molecule has 0 unspecified atom stereocenters. The number of benzene rings is 2. The first-order valence-corrected chi connectivity index (χ1v) is 7.91. The molecule has 2 aromatic rings. The minimum atomic E-state index is -0.00457. The Morgan fingerprint density at radius 1 is 1.00 bits per heavy atom. The van der Waals surface area contributed by atoms with Gasteiger partial charge in [0.1, 0.15) is 5.78 Å². The first-order valence-electron chi connectivity index (χ1n) is 7.91. The highest BCUT2D eigenvalue weighted by Crippen LogP contribution is 2.37. The average molecular weight is 292 g/mol. The van der Waals surface area contributed by atoms with Crippen molar-refractivity contribution >= 4 is 11.6 Å². The number of ketones is 2. The Labute approximate surface area is 131 Å². The Balaban J connectivity index is 1.86. The van der Waals surface area contributed by atoms with Gasteiger partial charge in [-0.2, -0.15) is 0 Å². The lowest BCUT2D eigenvalue weighted by atomic mass is 9.80. The summed E-state index contributed by atoms with van der Waals surface area (Å²) < 4.78 is 0. The van der Waals surface area contributed by atoms with Crippen molar-refractivity contribution in [3.05, 3.63) is 71.8 Å². The van der Waals surface area contributed by atoms with Crippen LogP contribution in [0.3, 0.4) is 0 Å². The number of hydrogen-bond donors (Lipinski definition) is 0. The first kappa shape index (κ1) is 14.7. The molecule has 112 valence electrons. The Morgan fingerprint density at radius 3 is 2.23 bits per heavy atom. The third-order valence-corrected chi connectivity index (χ3v) is 4.57. The molecule has 22 heavy (non-hydrogen) atoms. The van der Waals surface area contributed by atoms with Crippen LogP contribution in [-0.2, 0) is 4.79 Å². The second-order valence-electron chi connectivity index (χ2n) is 5.98. The van der Waals surface area contributed by atoms with Crippen molar-refractivity contribution in [3.8, 4) is 0 Å². The van der Waals surface area contributed by atoms with E-state index in [1.807, 2.05) is 60.7 Å². The smallest absolute Gasteiger partial charge is 0.163 e. The quantitative estimate of drug-likeness (QED) is 0.765. The highest BCUT2D eigenvalue weighted by molar-refractivity contribution is 5.97. The monoisotopic (exact) mass is 292 g/mol. The second kappa shape index (κ2) is 6.69. The summed E-state index contributed by atoms with van der Waals surface area (Å²) in [4.78, 5) is 24.8. The molecule has 0 spiro atoms. The molecule has 1 aliphatic rings. The topological polar surface area (TPSA) is 34.1 Å². The van der Waals surface area contributed by atoms with Crippen LogP contribution in [0.15, 0.2) is 60.7 Å². The van der Waals surface area contributed by atoms with Crippen molar-refractivity contribution in [2.24, 2.45) is 5.92 Å². The Kier molecular flexibility index (Phi) is 4.47. The van der Waals surface area contributed by atoms with Crippen molar-refractivity contribution in [2.45, 2.75) is 31.6 Å². The van der Waals surface area contributed by atoms with E-state index in [1.54, 1.807) is 0 Å². The third kappa shape index (κ3) is 3.16. The van der Waals surface area contributed by atoms with Crippen LogP contribution >= 0.6 is 0 Å². The van der Waals surface area contributed by atoms with E-state index in [9.17, 15) is 9.59 Å². The number of rotatable bonds is 5. The van der Waals surface area contributed by atoms with E-state index in [1.165, 1.54) is 0 Å². The lowest BCUT2D eigenvalue weighted by molar-refractivity contribution is -0.121. The lowest BCUT2D eigenvalue weighted by Crippen LogP contribution is -2.20. The molecule has 0 radical (unpaired) electrons. The summed E-state index contributed by atoms with van der Waals surface area (Å²) in [6, 6.07) is 19.4. The number of carbonyl (C=O) groups is 2. The van der Waals surface area contributed by atoms with Crippen LogP contribution in [0.2, 0.25) is 0 Å². The summed E-state index contributed by atoms with van der Waals surface area (Å²) in [5.74, 6) is 0.433. The van der Waals surface area contributed by atoms with Gasteiger partial charge in [0.2, 0.25) is 0 Å². The molecule has 2 aromatic carbocycles. The Bertz CT molecular complexity index is 646. The zero-order valence-electron chi connectivity index (χ0n) is 12.6. The van der Waals surface area contributed by atoms with Gasteiger partial charge in [0.25, 0.3) is 0 Å². The lowest BCUT2D eigenvalue weighted by Gasteiger charge is -2.22. The molecule has 2 atom stereocenters. The van der Waals surface area contributed by atoms with Crippen LogP contribution in [0.5, 0.6) is 0 Å². The third-order valence-electron chi connectivity index (χ3n) is 4.57. The van der Waals surface area contributed by atoms with Gasteiger partial charge < -0.3 is 0 Å². The number of hydrogen-bond acceptors (Lipinski definition) is 2. The first-order chi connectivity index (χ1) is 10.8. The van der Waals surface area contributed by atoms with Crippen LogP contribution < -0.4 is 0 Å². The van der Waals surface area contributed by atoms with Gasteiger partial charge in [-0.05, 0) is 18.4 Å². The van der Waals surface area contributed by atoms with E-state index in [2.05, 4.69) is 0 Å². The van der Waals surface area contributed by atoms with Crippen LogP contribution in [-0.4, -0.2) is 11.6 Å². The fourth-order valence-corrected chi connectivity index (χ4v) is 3.40. The highest BCUT2D eigenvalue weighted by atomic mass is 16.1. The van der Waals surface area contributed by atoms with Crippen LogP contribution in [0.4, 0.5) is 0 Å². The van der Waals surface area contributed by atoms with Crippen LogP contribution in [0.1, 0.15) is 47.5 Å². The summed E-state index contributed by atoms with van der Waals surface area (Å²) in [7, 11) is 0. The van der Waals surface area contributed by atoms with Crippen LogP contribution in [0, 0.1) is 5.92 Å². The molecule has 1 saturated carbocycles. The standard InChI is InChI=1S/C20H20O2/c21-19-13-7-12-17(19)18(15-8-3-1-4-9-15)14-20(22)16-10-5-2-6-11-16/h1-6,8-11,17-18H,7,12-14H2/t17-,18-/m1/s1. The molecule has 0 aliphatic heterocycles. The summed E-state index contributed by atoms with van der Waals surface area (Å²) in [6.07, 6.45) is 2.92. The van der Waals surface area contributed by atoms with Gasteiger partial charge in [-0.1, -0.05) is 60.7 Å². The normalized spacial score (nSPS) is 19.1. The molecule has 2 heteroatoms. The van der Waals surface area contributed by atoms with E-state index < -0.39 is 0 Å². The second-order valence-corrected chi connectivity index (χ2v) is 5.98. The van der Waals surface area contributed by atoms with Crippen molar-refractivity contribution in [2.75, 3.05) is 0 Å². The van der Waals surface area contributed by atoms with E-state index in [0.29, 0.717) is 18.6 Å². The summed E-state index contributed by atoms with van der Waals surface area (Å²) >= 11 is 0. The molecule has 0 saturated heterocycles. The Hall–Kier alpha value is -2.22. The zero-order valence-corrected chi connectivity index (χ0v) is 12.6. The number of carbonyl (C=O) groups excluding carboxylic acids is 2. The number of Topliss-reactive ketones (excluding diaryl/α,β-unsaturated/α-hetero) is 2. The van der Waals surface area contributed by atoms with E-state index >= 15 is 0 Å². The largest absolute Gasteiger partial charge is 0.299 e. The van der Waals surface area contributed by atoms with Gasteiger partial charge in [-0.25, -0.2) is 0 Å². The van der Waals surface area contributed by atoms with Crippen molar-refractivity contribution < 1.29 is 9.59 Å². The molecule has 0 amide bonds. The van der Waals surface area contributed by atoms with Gasteiger partial charge >= 0.3 is 0 Å². The van der Waals surface area contributed by atoms with Crippen molar-refractivity contribution in [3.63, 3.8) is 0 Å². The van der Waals surface area contributed by atoms with Gasteiger partial charge in [-0.3, -0.25) is 9.59 Å². The molecular formula is C20H20O2. The predicted molar refractivity (Wildman–Crippen MR) is 86.9 cm³/mol. The average Bonchev–Trinajstić information content (AvgIpc) is 3.00. The predicted octanol–water partition coefficient (Wildman–Crippen LogP) is 4.41. The van der Waals surface area contributed by atoms with Gasteiger partial charge in [-0.15, -0.1) is 0 Å². The summed E-state index contributed by atoms with van der Waals surface area (Å²) in [6.45, 7) is 0. The maximum absolute atomic E-state index is 12.6. The highest BCUT2D eigenvalue weighted by Gasteiger charge is 2.34. The van der Waals surface area contributed by atoms with Crippen LogP contribution in [0.25, 0.3) is 0 Å². The van der Waals surface area contributed by atoms with Crippen molar-refractivity contribution in [1.29, 1.82) is 0 Å². The molecule has 0 bridgehead atoms. The molecule has 1 fully saturated rings. The molecule has 3 rings (SSSR count). The fourth-order valence-electron chi connectivity index (χ4n) is 3.40. The zero-order chi connectivity index (χ0) is 15.4. The van der Waals surface area contributed by atoms with E-state index in [4.69, 9.17) is 0 Å². The minimum Gasteiger partial charge on any atom is -0.299 e. The molecular weight excluding hydrogens is 272 g/mol. The molecule has 0 heterocycles. The van der Waals surface area contributed by atoms with Gasteiger partial charge in [0.15, 0.2) is 5.78 Å². The SMILES string of the molecule is O=C(C[C@H](c1ccccc1)[C@H]1CCCC1=O)c1ccccc1. The van der Waals surface area contributed by atoms with Gasteiger partial charge in [0.05, 0.1) is 0 Å². The molecule has 0 aromatic heterocycles. The summed E-state index contributed by atoms with van der Waals surface area (Å²) in [5.41, 5.74) is 1.83. The molecule has 2 nitrogen and oxygen atoms in total. The minimum absolute atomic E-state index is 0.00362.